The molecule has 1 aliphatic rings. The molecule has 3 rings (SSSR count). The van der Waals surface area contributed by atoms with E-state index in [1.807, 2.05) is 36.4 Å². The molecule has 1 amide bonds. The van der Waals surface area contributed by atoms with E-state index in [1.165, 1.54) is 16.7 Å². The lowest BCUT2D eigenvalue weighted by Crippen LogP contribution is -2.27. The normalized spacial score (nSPS) is 15.5. The van der Waals surface area contributed by atoms with Gasteiger partial charge in [-0.2, -0.15) is 0 Å². The number of hydrogen-bond acceptors (Lipinski definition) is 4. The Morgan fingerprint density at radius 2 is 1.93 bits per heavy atom. The molecule has 0 aliphatic carbocycles. The van der Waals surface area contributed by atoms with Crippen LogP contribution in [-0.4, -0.2) is 21.7 Å². The molecule has 0 spiro atoms. The highest BCUT2D eigenvalue weighted by atomic mass is 35.5. The summed E-state index contributed by atoms with van der Waals surface area (Å²) in [6, 6.07) is 12.8. The molecule has 0 atom stereocenters. The number of carbonyl (C=O) groups excluding carboxylic acids is 1. The Bertz CT molecular complexity index is 926. The molecule has 0 unspecified atom stereocenters. The average molecular weight is 436 g/mol. The molecule has 2 aromatic carbocycles. The molecule has 27 heavy (non-hydrogen) atoms. The van der Waals surface area contributed by atoms with Gasteiger partial charge in [-0.15, -0.1) is 6.58 Å². The molecular weight excluding hydrogens is 421 g/mol. The number of carbonyl (C=O) groups is 1. The molecule has 0 N–H and O–H groups in total. The van der Waals surface area contributed by atoms with Crippen molar-refractivity contribution in [2.45, 2.75) is 6.61 Å². The van der Waals surface area contributed by atoms with Crippen LogP contribution in [0.15, 0.2) is 60.0 Å². The van der Waals surface area contributed by atoms with Crippen molar-refractivity contribution in [1.82, 2.24) is 4.90 Å². The van der Waals surface area contributed by atoms with Crippen LogP contribution in [-0.2, 0) is 11.4 Å². The van der Waals surface area contributed by atoms with Crippen LogP contribution >= 0.6 is 47.2 Å². The molecule has 138 valence electrons. The first-order chi connectivity index (χ1) is 13.0. The molecule has 1 saturated heterocycles. The molecule has 3 nitrogen and oxygen atoms in total. The Morgan fingerprint density at radius 3 is 2.59 bits per heavy atom. The highest BCUT2D eigenvalue weighted by Crippen LogP contribution is 2.32. The standard InChI is InChI=1S/C20H15Cl2NO2S2/c1-2-9-23-19(24)18(27-20(23)26)10-13-3-7-16(8-4-13)25-12-14-5-6-15(21)11-17(14)22/h2-8,10-11H,1,9,12H2/b18-10-. The SMILES string of the molecule is C=CCN1C(=O)/C(=C/c2ccc(OCc3ccc(Cl)cc3Cl)cc2)SC1=S. The largest absolute Gasteiger partial charge is 0.489 e. The van der Waals surface area contributed by atoms with Gasteiger partial charge in [-0.3, -0.25) is 9.69 Å². The van der Waals surface area contributed by atoms with Crippen molar-refractivity contribution in [3.8, 4) is 5.75 Å². The van der Waals surface area contributed by atoms with Gasteiger partial charge in [0, 0.05) is 22.2 Å². The molecule has 0 aromatic heterocycles. The van der Waals surface area contributed by atoms with Gasteiger partial charge in [-0.1, -0.05) is 71.5 Å². The average Bonchev–Trinajstić information content (AvgIpc) is 2.90. The third kappa shape index (κ3) is 4.93. The molecule has 0 bridgehead atoms. The van der Waals surface area contributed by atoms with Gasteiger partial charge in [0.2, 0.25) is 0 Å². The van der Waals surface area contributed by atoms with Gasteiger partial charge in [-0.05, 0) is 35.9 Å². The summed E-state index contributed by atoms with van der Waals surface area (Å²) >= 11 is 18.6. The molecule has 2 aromatic rings. The van der Waals surface area contributed by atoms with Gasteiger partial charge >= 0.3 is 0 Å². The fraction of sp³-hybridized carbons (Fsp3) is 0.100. The number of ether oxygens (including phenoxy) is 1. The minimum Gasteiger partial charge on any atom is -0.489 e. The van der Waals surface area contributed by atoms with Crippen molar-refractivity contribution < 1.29 is 9.53 Å². The summed E-state index contributed by atoms with van der Waals surface area (Å²) in [6.45, 7) is 4.41. The van der Waals surface area contributed by atoms with Crippen molar-refractivity contribution in [3.63, 3.8) is 0 Å². The van der Waals surface area contributed by atoms with Crippen LogP contribution in [0.4, 0.5) is 0 Å². The maximum atomic E-state index is 12.3. The predicted octanol–water partition coefficient (Wildman–Crippen LogP) is 5.96. The second kappa shape index (κ2) is 8.93. The van der Waals surface area contributed by atoms with Crippen molar-refractivity contribution in [2.24, 2.45) is 0 Å². The summed E-state index contributed by atoms with van der Waals surface area (Å²) < 4.78 is 6.31. The number of benzene rings is 2. The zero-order chi connectivity index (χ0) is 19.4. The lowest BCUT2D eigenvalue weighted by Gasteiger charge is -2.10. The second-order valence-corrected chi connectivity index (χ2v) is 8.19. The van der Waals surface area contributed by atoms with E-state index in [0.29, 0.717) is 38.2 Å². The third-order valence-electron chi connectivity index (χ3n) is 3.77. The van der Waals surface area contributed by atoms with E-state index in [0.717, 1.165) is 11.1 Å². The summed E-state index contributed by atoms with van der Waals surface area (Å²) in [7, 11) is 0. The maximum absolute atomic E-state index is 12.3. The number of halogens is 2. The van der Waals surface area contributed by atoms with E-state index in [-0.39, 0.29) is 5.91 Å². The van der Waals surface area contributed by atoms with E-state index >= 15 is 0 Å². The molecule has 0 saturated carbocycles. The zero-order valence-corrected chi connectivity index (χ0v) is 17.3. The van der Waals surface area contributed by atoms with Crippen molar-refractivity contribution >= 4 is 63.5 Å². The summed E-state index contributed by atoms with van der Waals surface area (Å²) in [6.07, 6.45) is 3.48. The summed E-state index contributed by atoms with van der Waals surface area (Å²) in [5, 5.41) is 1.16. The maximum Gasteiger partial charge on any atom is 0.266 e. The van der Waals surface area contributed by atoms with Crippen LogP contribution in [0.2, 0.25) is 10.0 Å². The first-order valence-corrected chi connectivity index (χ1v) is 9.99. The van der Waals surface area contributed by atoms with Crippen molar-refractivity contribution in [3.05, 3.63) is 81.2 Å². The predicted molar refractivity (Wildman–Crippen MR) is 117 cm³/mol. The number of rotatable bonds is 6. The lowest BCUT2D eigenvalue weighted by molar-refractivity contribution is -0.121. The minimum atomic E-state index is -0.0948. The quantitative estimate of drug-likeness (QED) is 0.318. The fourth-order valence-electron chi connectivity index (χ4n) is 2.40. The minimum absolute atomic E-state index is 0.0948. The fourth-order valence-corrected chi connectivity index (χ4v) is 4.14. The third-order valence-corrected chi connectivity index (χ3v) is 5.74. The Kier molecular flexibility index (Phi) is 6.60. The summed E-state index contributed by atoms with van der Waals surface area (Å²) in [5.41, 5.74) is 1.75. The van der Waals surface area contributed by atoms with E-state index < -0.39 is 0 Å². The van der Waals surface area contributed by atoms with Gasteiger partial charge in [0.1, 0.15) is 16.7 Å². The van der Waals surface area contributed by atoms with Crippen LogP contribution in [0.3, 0.4) is 0 Å². The summed E-state index contributed by atoms with van der Waals surface area (Å²) in [4.78, 5) is 14.5. The Labute approximate surface area is 177 Å². The number of hydrogen-bond donors (Lipinski definition) is 0. The van der Waals surface area contributed by atoms with Crippen LogP contribution in [0.1, 0.15) is 11.1 Å². The van der Waals surface area contributed by atoms with Gasteiger partial charge < -0.3 is 4.74 Å². The molecular formula is C20H15Cl2NO2S2. The topological polar surface area (TPSA) is 29.5 Å². The highest BCUT2D eigenvalue weighted by molar-refractivity contribution is 8.26. The number of amides is 1. The Hall–Kier alpha value is -1.79. The lowest BCUT2D eigenvalue weighted by atomic mass is 10.2. The van der Waals surface area contributed by atoms with Gasteiger partial charge in [0.05, 0.1) is 4.91 Å². The molecule has 0 radical (unpaired) electrons. The Morgan fingerprint density at radius 1 is 1.19 bits per heavy atom. The van der Waals surface area contributed by atoms with Crippen LogP contribution in [0.5, 0.6) is 5.75 Å². The van der Waals surface area contributed by atoms with Gasteiger partial charge in [-0.25, -0.2) is 0 Å². The van der Waals surface area contributed by atoms with E-state index in [2.05, 4.69) is 6.58 Å². The van der Waals surface area contributed by atoms with Gasteiger partial charge in [0.25, 0.3) is 5.91 Å². The van der Waals surface area contributed by atoms with Crippen LogP contribution in [0.25, 0.3) is 6.08 Å². The van der Waals surface area contributed by atoms with E-state index in [1.54, 1.807) is 18.2 Å². The molecule has 7 heteroatoms. The monoisotopic (exact) mass is 435 g/mol. The summed E-state index contributed by atoms with van der Waals surface area (Å²) in [5.74, 6) is 0.611. The van der Waals surface area contributed by atoms with Gasteiger partial charge in [0.15, 0.2) is 0 Å². The van der Waals surface area contributed by atoms with Crippen LogP contribution in [0, 0.1) is 0 Å². The Balaban J connectivity index is 1.66. The second-order valence-electron chi connectivity index (χ2n) is 5.67. The first kappa shape index (κ1) is 20.0. The molecule has 1 heterocycles. The van der Waals surface area contributed by atoms with Crippen molar-refractivity contribution in [2.75, 3.05) is 6.54 Å². The first-order valence-electron chi connectivity index (χ1n) is 8.01. The van der Waals surface area contributed by atoms with E-state index in [9.17, 15) is 4.79 Å². The van der Waals surface area contributed by atoms with Crippen LogP contribution < -0.4 is 4.74 Å². The highest BCUT2D eigenvalue weighted by Gasteiger charge is 2.30. The zero-order valence-electron chi connectivity index (χ0n) is 14.2. The van der Waals surface area contributed by atoms with E-state index in [4.69, 9.17) is 40.2 Å². The molecule has 1 aliphatic heterocycles. The number of thiocarbonyl (C=S) groups is 1. The molecule has 1 fully saturated rings. The van der Waals surface area contributed by atoms with Crippen molar-refractivity contribution in [1.29, 1.82) is 0 Å². The smallest absolute Gasteiger partial charge is 0.266 e. The number of nitrogens with zero attached hydrogens (tertiary/aromatic N) is 1. The number of thioether (sulfide) groups is 1.